The van der Waals surface area contributed by atoms with Gasteiger partial charge in [0.2, 0.25) is 5.91 Å². The lowest BCUT2D eigenvalue weighted by atomic mass is 9.92. The SMILES string of the molecule is C=C(C)COc1ccc(C2(C)NC(=O)N(CC(=O)NCCCN(CC)CC)C2=O)cc1. The van der Waals surface area contributed by atoms with Crippen LogP contribution in [0.1, 0.15) is 39.7 Å². The van der Waals surface area contributed by atoms with E-state index < -0.39 is 17.5 Å². The largest absolute Gasteiger partial charge is 0.489 e. The molecule has 4 amide bonds. The number of hydrogen-bond donors (Lipinski definition) is 2. The smallest absolute Gasteiger partial charge is 0.325 e. The van der Waals surface area contributed by atoms with E-state index >= 15 is 0 Å². The zero-order valence-corrected chi connectivity index (χ0v) is 19.0. The number of rotatable bonds is 12. The number of amides is 4. The highest BCUT2D eigenvalue weighted by Gasteiger charge is 2.49. The minimum Gasteiger partial charge on any atom is -0.489 e. The molecule has 1 aliphatic heterocycles. The molecule has 8 heteroatoms. The number of nitrogens with zero attached hydrogens (tertiary/aromatic N) is 2. The summed E-state index contributed by atoms with van der Waals surface area (Å²) in [6.07, 6.45) is 0.811. The summed E-state index contributed by atoms with van der Waals surface area (Å²) >= 11 is 0. The predicted molar refractivity (Wildman–Crippen MR) is 120 cm³/mol. The quantitative estimate of drug-likeness (QED) is 0.302. The summed E-state index contributed by atoms with van der Waals surface area (Å²) in [5.41, 5.74) is 0.291. The van der Waals surface area contributed by atoms with Crippen LogP contribution in [-0.2, 0) is 15.1 Å². The van der Waals surface area contributed by atoms with Gasteiger partial charge < -0.3 is 20.3 Å². The summed E-state index contributed by atoms with van der Waals surface area (Å²) in [7, 11) is 0. The summed E-state index contributed by atoms with van der Waals surface area (Å²) in [6, 6.07) is 6.39. The summed E-state index contributed by atoms with van der Waals surface area (Å²) in [6.45, 7) is 14.9. The second kappa shape index (κ2) is 10.9. The summed E-state index contributed by atoms with van der Waals surface area (Å²) in [5, 5.41) is 5.50. The van der Waals surface area contributed by atoms with Crippen LogP contribution in [0, 0.1) is 0 Å². The molecule has 0 bridgehead atoms. The lowest BCUT2D eigenvalue weighted by molar-refractivity contribution is -0.134. The minimum atomic E-state index is -1.23. The van der Waals surface area contributed by atoms with Crippen LogP contribution in [0.25, 0.3) is 0 Å². The lowest BCUT2D eigenvalue weighted by Gasteiger charge is -2.22. The number of urea groups is 1. The number of ether oxygens (including phenoxy) is 1. The van der Waals surface area contributed by atoms with Gasteiger partial charge in [0.1, 0.15) is 24.4 Å². The van der Waals surface area contributed by atoms with E-state index in [1.54, 1.807) is 31.2 Å². The van der Waals surface area contributed by atoms with Crippen LogP contribution < -0.4 is 15.4 Å². The van der Waals surface area contributed by atoms with Crippen molar-refractivity contribution < 1.29 is 19.1 Å². The number of nitrogens with one attached hydrogen (secondary N) is 2. The second-order valence-corrected chi connectivity index (χ2v) is 7.95. The third-order valence-corrected chi connectivity index (χ3v) is 5.36. The highest BCUT2D eigenvalue weighted by molar-refractivity contribution is 6.09. The van der Waals surface area contributed by atoms with E-state index in [2.05, 4.69) is 36.0 Å². The zero-order valence-electron chi connectivity index (χ0n) is 19.0. The van der Waals surface area contributed by atoms with Gasteiger partial charge in [-0.15, -0.1) is 0 Å². The van der Waals surface area contributed by atoms with Crippen LogP contribution in [-0.4, -0.2) is 67.0 Å². The van der Waals surface area contributed by atoms with Crippen molar-refractivity contribution >= 4 is 17.8 Å². The Morgan fingerprint density at radius 3 is 2.45 bits per heavy atom. The summed E-state index contributed by atoms with van der Waals surface area (Å²) < 4.78 is 5.58. The molecular weight excluding hydrogens is 396 g/mol. The van der Waals surface area contributed by atoms with Crippen LogP contribution in [0.2, 0.25) is 0 Å². The van der Waals surface area contributed by atoms with Crippen molar-refractivity contribution in [2.24, 2.45) is 0 Å². The fraction of sp³-hybridized carbons (Fsp3) is 0.522. The first-order valence-corrected chi connectivity index (χ1v) is 10.7. The molecule has 2 N–H and O–H groups in total. The standard InChI is InChI=1S/C23H34N4O4/c1-6-26(7-2)14-8-13-24-20(28)15-27-21(29)23(5,25-22(27)30)18-9-11-19(12-10-18)31-16-17(3)4/h9-12H,3,6-8,13-16H2,1-2,4-5H3,(H,24,28)(H,25,30). The first kappa shape index (κ1) is 24.4. The maximum absolute atomic E-state index is 13.0. The van der Waals surface area contributed by atoms with Gasteiger partial charge in [-0.3, -0.25) is 14.5 Å². The molecule has 0 spiro atoms. The molecule has 0 saturated carbocycles. The third-order valence-electron chi connectivity index (χ3n) is 5.36. The van der Waals surface area contributed by atoms with E-state index in [1.807, 2.05) is 6.92 Å². The molecular formula is C23H34N4O4. The maximum atomic E-state index is 13.0. The molecule has 1 unspecified atom stereocenters. The molecule has 1 aromatic carbocycles. The minimum absolute atomic E-state index is 0.300. The van der Waals surface area contributed by atoms with E-state index in [0.29, 0.717) is 24.5 Å². The highest BCUT2D eigenvalue weighted by atomic mass is 16.5. The van der Waals surface area contributed by atoms with Gasteiger partial charge in [0.05, 0.1) is 0 Å². The van der Waals surface area contributed by atoms with Gasteiger partial charge in [0, 0.05) is 6.54 Å². The first-order chi connectivity index (χ1) is 14.7. The average molecular weight is 431 g/mol. The second-order valence-electron chi connectivity index (χ2n) is 7.95. The van der Waals surface area contributed by atoms with E-state index in [-0.39, 0.29) is 12.5 Å². The summed E-state index contributed by atoms with van der Waals surface area (Å²) in [4.78, 5) is 40.9. The molecule has 1 aromatic rings. The van der Waals surface area contributed by atoms with Gasteiger partial charge in [-0.1, -0.05) is 32.6 Å². The van der Waals surface area contributed by atoms with Gasteiger partial charge in [-0.25, -0.2) is 4.79 Å². The normalized spacial score (nSPS) is 18.3. The maximum Gasteiger partial charge on any atom is 0.325 e. The van der Waals surface area contributed by atoms with Gasteiger partial charge in [0.25, 0.3) is 5.91 Å². The lowest BCUT2D eigenvalue weighted by Crippen LogP contribution is -2.43. The Bertz CT molecular complexity index is 804. The average Bonchev–Trinajstić information content (AvgIpc) is 2.96. The molecule has 0 aliphatic carbocycles. The Morgan fingerprint density at radius 1 is 1.23 bits per heavy atom. The molecule has 0 aromatic heterocycles. The molecule has 0 radical (unpaired) electrons. The van der Waals surface area contributed by atoms with Crippen LogP contribution in [0.3, 0.4) is 0 Å². The molecule has 170 valence electrons. The van der Waals surface area contributed by atoms with Crippen molar-refractivity contribution in [3.05, 3.63) is 42.0 Å². The van der Waals surface area contributed by atoms with Crippen molar-refractivity contribution in [2.45, 2.75) is 39.7 Å². The Morgan fingerprint density at radius 2 is 1.87 bits per heavy atom. The fourth-order valence-corrected chi connectivity index (χ4v) is 3.40. The Balaban J connectivity index is 1.93. The van der Waals surface area contributed by atoms with Crippen LogP contribution in [0.5, 0.6) is 5.75 Å². The van der Waals surface area contributed by atoms with Gasteiger partial charge in [-0.05, 0) is 63.2 Å². The molecule has 1 atom stereocenters. The third kappa shape index (κ3) is 6.30. The number of carbonyl (C=O) groups is 3. The molecule has 1 aliphatic rings. The van der Waals surface area contributed by atoms with Crippen LogP contribution in [0.4, 0.5) is 4.79 Å². The van der Waals surface area contributed by atoms with Gasteiger partial charge in [-0.2, -0.15) is 0 Å². The topological polar surface area (TPSA) is 91.0 Å². The summed E-state index contributed by atoms with van der Waals surface area (Å²) in [5.74, 6) is -0.157. The first-order valence-electron chi connectivity index (χ1n) is 10.7. The number of imide groups is 1. The van der Waals surface area contributed by atoms with Crippen molar-refractivity contribution in [1.82, 2.24) is 20.4 Å². The monoisotopic (exact) mass is 430 g/mol. The predicted octanol–water partition coefficient (Wildman–Crippen LogP) is 2.26. The molecule has 1 saturated heterocycles. The number of hydrogen-bond acceptors (Lipinski definition) is 5. The molecule has 31 heavy (non-hydrogen) atoms. The Hall–Kier alpha value is -2.87. The van der Waals surface area contributed by atoms with Gasteiger partial charge >= 0.3 is 6.03 Å². The van der Waals surface area contributed by atoms with Gasteiger partial charge in [0.15, 0.2) is 0 Å². The molecule has 8 nitrogen and oxygen atoms in total. The molecule has 1 fully saturated rings. The van der Waals surface area contributed by atoms with Crippen LogP contribution >= 0.6 is 0 Å². The molecule has 2 rings (SSSR count). The zero-order chi connectivity index (χ0) is 23.0. The Labute approximate surface area is 184 Å². The highest BCUT2D eigenvalue weighted by Crippen LogP contribution is 2.30. The number of carbonyl (C=O) groups excluding carboxylic acids is 3. The van der Waals surface area contributed by atoms with Crippen molar-refractivity contribution in [3.63, 3.8) is 0 Å². The van der Waals surface area contributed by atoms with E-state index in [0.717, 1.165) is 36.5 Å². The van der Waals surface area contributed by atoms with E-state index in [1.165, 1.54) is 0 Å². The van der Waals surface area contributed by atoms with Crippen molar-refractivity contribution in [1.29, 1.82) is 0 Å². The van der Waals surface area contributed by atoms with Crippen LogP contribution in [0.15, 0.2) is 36.4 Å². The Kier molecular flexibility index (Phi) is 8.62. The van der Waals surface area contributed by atoms with E-state index in [4.69, 9.17) is 4.74 Å². The van der Waals surface area contributed by atoms with E-state index in [9.17, 15) is 14.4 Å². The molecule has 1 heterocycles. The van der Waals surface area contributed by atoms with Crippen molar-refractivity contribution in [2.75, 3.05) is 39.3 Å². The van der Waals surface area contributed by atoms with Crippen molar-refractivity contribution in [3.8, 4) is 5.75 Å². The fourth-order valence-electron chi connectivity index (χ4n) is 3.40. The number of benzene rings is 1.